The van der Waals surface area contributed by atoms with E-state index in [0.29, 0.717) is 17.9 Å². The number of hydrogen-bond donors (Lipinski definition) is 0. The molecule has 1 aromatic heterocycles. The van der Waals surface area contributed by atoms with Crippen LogP contribution in [0, 0.1) is 6.92 Å². The summed E-state index contributed by atoms with van der Waals surface area (Å²) in [5.74, 6) is 0.897. The molecule has 1 fully saturated rings. The maximum atomic E-state index is 13.2. The standard InChI is InChI=1S/C22H26N4O2S/c1-18-7-5-11-21(15-18)29(27,28)26-14-6-10-20(26)12-13-22-24-23-17-25(22)16-19-8-3-2-4-9-19/h2-5,7-9,11,15,17,20H,6,10,12-14,16H2,1H3. The lowest BCUT2D eigenvalue weighted by molar-refractivity contribution is 0.367. The van der Waals surface area contributed by atoms with E-state index in [2.05, 4.69) is 22.3 Å². The van der Waals surface area contributed by atoms with Crippen molar-refractivity contribution < 1.29 is 8.42 Å². The van der Waals surface area contributed by atoms with Crippen LogP contribution < -0.4 is 0 Å². The maximum Gasteiger partial charge on any atom is 0.243 e. The smallest absolute Gasteiger partial charge is 0.243 e. The Balaban J connectivity index is 1.46. The van der Waals surface area contributed by atoms with E-state index in [1.807, 2.05) is 35.8 Å². The Hall–Kier alpha value is -2.51. The Morgan fingerprint density at radius 3 is 2.72 bits per heavy atom. The van der Waals surface area contributed by atoms with Crippen LogP contribution in [0.5, 0.6) is 0 Å². The van der Waals surface area contributed by atoms with Crippen molar-refractivity contribution in [2.45, 2.75) is 50.1 Å². The van der Waals surface area contributed by atoms with E-state index in [9.17, 15) is 8.42 Å². The van der Waals surface area contributed by atoms with E-state index in [1.165, 1.54) is 5.56 Å². The van der Waals surface area contributed by atoms with Crippen LogP contribution in [0.1, 0.15) is 36.2 Å². The fraction of sp³-hybridized carbons (Fsp3) is 0.364. The molecule has 3 aromatic rings. The summed E-state index contributed by atoms with van der Waals surface area (Å²) in [5, 5.41) is 8.34. The number of hydrogen-bond acceptors (Lipinski definition) is 4. The highest BCUT2D eigenvalue weighted by Crippen LogP contribution is 2.29. The fourth-order valence-electron chi connectivity index (χ4n) is 4.01. The average molecular weight is 411 g/mol. The highest BCUT2D eigenvalue weighted by Gasteiger charge is 2.35. The van der Waals surface area contributed by atoms with Crippen LogP contribution in [-0.2, 0) is 23.0 Å². The predicted octanol–water partition coefficient (Wildman–Crippen LogP) is 3.42. The van der Waals surface area contributed by atoms with E-state index in [-0.39, 0.29) is 6.04 Å². The van der Waals surface area contributed by atoms with Crippen molar-refractivity contribution in [1.29, 1.82) is 0 Å². The zero-order valence-electron chi connectivity index (χ0n) is 16.6. The summed E-state index contributed by atoms with van der Waals surface area (Å²) in [6, 6.07) is 17.4. The molecule has 0 bridgehead atoms. The molecule has 0 spiro atoms. The summed E-state index contributed by atoms with van der Waals surface area (Å²) in [4.78, 5) is 0.386. The lowest BCUT2D eigenvalue weighted by Gasteiger charge is -2.24. The van der Waals surface area contributed by atoms with Gasteiger partial charge in [0.2, 0.25) is 10.0 Å². The SMILES string of the molecule is Cc1cccc(S(=O)(=O)N2CCCC2CCc2nncn2Cc2ccccc2)c1. The third-order valence-corrected chi connectivity index (χ3v) is 7.46. The molecule has 1 unspecified atom stereocenters. The van der Waals surface area contributed by atoms with E-state index in [0.717, 1.165) is 37.2 Å². The van der Waals surface area contributed by atoms with Crippen LogP contribution in [0.15, 0.2) is 65.8 Å². The molecule has 2 heterocycles. The van der Waals surface area contributed by atoms with Crippen molar-refractivity contribution in [3.05, 3.63) is 77.9 Å². The number of sulfonamides is 1. The molecule has 4 rings (SSSR count). The number of aryl methyl sites for hydroxylation is 2. The zero-order valence-corrected chi connectivity index (χ0v) is 17.4. The molecule has 6 nitrogen and oxygen atoms in total. The molecular weight excluding hydrogens is 384 g/mol. The summed E-state index contributed by atoms with van der Waals surface area (Å²) in [6.45, 7) is 3.22. The Labute approximate surface area is 172 Å². The lowest BCUT2D eigenvalue weighted by Crippen LogP contribution is -2.36. The predicted molar refractivity (Wildman–Crippen MR) is 112 cm³/mol. The minimum atomic E-state index is -3.47. The first-order valence-electron chi connectivity index (χ1n) is 10.0. The number of aromatic nitrogens is 3. The monoisotopic (exact) mass is 410 g/mol. The first kappa shape index (κ1) is 19.8. The van der Waals surface area contributed by atoms with Gasteiger partial charge >= 0.3 is 0 Å². The van der Waals surface area contributed by atoms with Gasteiger partial charge in [-0.25, -0.2) is 8.42 Å². The third-order valence-electron chi connectivity index (χ3n) is 5.51. The van der Waals surface area contributed by atoms with Crippen LogP contribution in [0.2, 0.25) is 0 Å². The average Bonchev–Trinajstić information content (AvgIpc) is 3.37. The molecule has 0 saturated carbocycles. The van der Waals surface area contributed by atoms with Gasteiger partial charge in [0.05, 0.1) is 11.4 Å². The molecule has 1 aliphatic rings. The van der Waals surface area contributed by atoms with Gasteiger partial charge in [0.15, 0.2) is 0 Å². The number of rotatable bonds is 7. The quantitative estimate of drug-likeness (QED) is 0.599. The Morgan fingerprint density at radius 2 is 1.93 bits per heavy atom. The molecule has 0 radical (unpaired) electrons. The summed E-state index contributed by atoms with van der Waals surface area (Å²) >= 11 is 0. The third kappa shape index (κ3) is 4.41. The van der Waals surface area contributed by atoms with E-state index < -0.39 is 10.0 Å². The van der Waals surface area contributed by atoms with Gasteiger partial charge < -0.3 is 4.57 Å². The van der Waals surface area contributed by atoms with Gasteiger partial charge in [-0.1, -0.05) is 42.5 Å². The Bertz CT molecular complexity index is 1060. The van der Waals surface area contributed by atoms with E-state index in [1.54, 1.807) is 28.8 Å². The molecular formula is C22H26N4O2S. The van der Waals surface area contributed by atoms with Crippen molar-refractivity contribution in [3.8, 4) is 0 Å². The van der Waals surface area contributed by atoms with Crippen LogP contribution in [0.4, 0.5) is 0 Å². The topological polar surface area (TPSA) is 68.1 Å². The largest absolute Gasteiger partial charge is 0.313 e. The van der Waals surface area contributed by atoms with Gasteiger partial charge in [0.1, 0.15) is 12.2 Å². The first-order valence-corrected chi connectivity index (χ1v) is 11.5. The second-order valence-electron chi connectivity index (χ2n) is 7.63. The zero-order chi connectivity index (χ0) is 20.3. The summed E-state index contributed by atoms with van der Waals surface area (Å²) in [6.07, 6.45) is 4.98. The second kappa shape index (κ2) is 8.47. The number of nitrogens with zero attached hydrogens (tertiary/aromatic N) is 4. The molecule has 1 atom stereocenters. The van der Waals surface area contributed by atoms with Gasteiger partial charge in [0.25, 0.3) is 0 Å². The normalized spacial score (nSPS) is 17.6. The molecule has 2 aromatic carbocycles. The van der Waals surface area contributed by atoms with Crippen LogP contribution >= 0.6 is 0 Å². The summed E-state index contributed by atoms with van der Waals surface area (Å²) in [7, 11) is -3.47. The van der Waals surface area contributed by atoms with E-state index >= 15 is 0 Å². The molecule has 0 N–H and O–H groups in total. The summed E-state index contributed by atoms with van der Waals surface area (Å²) in [5.41, 5.74) is 2.15. The molecule has 1 saturated heterocycles. The fourth-order valence-corrected chi connectivity index (χ4v) is 5.83. The van der Waals surface area contributed by atoms with Crippen molar-refractivity contribution in [2.75, 3.05) is 6.54 Å². The van der Waals surface area contributed by atoms with Gasteiger partial charge in [-0.2, -0.15) is 4.31 Å². The Kier molecular flexibility index (Phi) is 5.78. The van der Waals surface area contributed by atoms with Crippen molar-refractivity contribution in [3.63, 3.8) is 0 Å². The second-order valence-corrected chi connectivity index (χ2v) is 9.52. The van der Waals surface area contributed by atoms with Gasteiger partial charge in [0, 0.05) is 19.0 Å². The van der Waals surface area contributed by atoms with Crippen molar-refractivity contribution in [1.82, 2.24) is 19.1 Å². The number of benzene rings is 2. The first-order chi connectivity index (χ1) is 14.0. The molecule has 152 valence electrons. The summed E-state index contributed by atoms with van der Waals surface area (Å²) < 4.78 is 30.0. The van der Waals surface area contributed by atoms with Crippen LogP contribution in [0.25, 0.3) is 0 Å². The minimum Gasteiger partial charge on any atom is -0.313 e. The maximum absolute atomic E-state index is 13.2. The van der Waals surface area contributed by atoms with Gasteiger partial charge in [-0.3, -0.25) is 0 Å². The highest BCUT2D eigenvalue weighted by molar-refractivity contribution is 7.89. The van der Waals surface area contributed by atoms with Crippen LogP contribution in [0.3, 0.4) is 0 Å². The molecule has 1 aliphatic heterocycles. The van der Waals surface area contributed by atoms with Gasteiger partial charge in [-0.05, 0) is 49.4 Å². The molecule has 0 amide bonds. The molecule has 0 aliphatic carbocycles. The molecule has 29 heavy (non-hydrogen) atoms. The van der Waals surface area contributed by atoms with Gasteiger partial charge in [-0.15, -0.1) is 10.2 Å². The molecule has 7 heteroatoms. The van der Waals surface area contributed by atoms with Crippen molar-refractivity contribution >= 4 is 10.0 Å². The highest BCUT2D eigenvalue weighted by atomic mass is 32.2. The lowest BCUT2D eigenvalue weighted by atomic mass is 10.1. The Morgan fingerprint density at radius 1 is 1.10 bits per heavy atom. The van der Waals surface area contributed by atoms with E-state index in [4.69, 9.17) is 0 Å². The minimum absolute atomic E-state index is 0.00221. The van der Waals surface area contributed by atoms with Crippen molar-refractivity contribution in [2.24, 2.45) is 0 Å². The van der Waals surface area contributed by atoms with Crippen LogP contribution in [-0.4, -0.2) is 40.1 Å².